The molecule has 8 nitrogen and oxygen atoms in total. The smallest absolute Gasteiger partial charge is 0.325 e. The number of benzene rings is 2. The topological polar surface area (TPSA) is 111 Å². The fourth-order valence-electron chi connectivity index (χ4n) is 4.61. The summed E-state index contributed by atoms with van der Waals surface area (Å²) in [5.41, 5.74) is 3.28. The van der Waals surface area contributed by atoms with Gasteiger partial charge in [0.15, 0.2) is 0 Å². The van der Waals surface area contributed by atoms with Crippen molar-refractivity contribution in [2.45, 2.75) is 32.3 Å². The molecule has 2 aromatic carbocycles. The Morgan fingerprint density at radius 2 is 1.88 bits per heavy atom. The van der Waals surface area contributed by atoms with Gasteiger partial charge in [-0.15, -0.1) is 0 Å². The molecule has 0 bridgehead atoms. The molecule has 1 aliphatic heterocycles. The standard InChI is InChI=1S/C26H26N4O4/c1-16-13-17(20-5-3-4-6-21(20)27-16)14-34-19-9-7-18(8-10-19)26(2)15-30(24(26)32)12-11-22-23(31)29-25(33)28-22/h3-10,13,31H,11-12,14-15H2,1-2H3,(H2,28,29,33). The zero-order chi connectivity index (χ0) is 23.9. The lowest BCUT2D eigenvalue weighted by molar-refractivity contribution is -0.150. The lowest BCUT2D eigenvalue weighted by atomic mass is 9.74. The zero-order valence-corrected chi connectivity index (χ0v) is 19.1. The highest BCUT2D eigenvalue weighted by Crippen LogP contribution is 2.36. The number of carbonyl (C=O) groups is 1. The number of likely N-dealkylation sites (tertiary alicyclic amines) is 1. The molecule has 8 heteroatoms. The first-order valence-electron chi connectivity index (χ1n) is 11.2. The molecule has 3 N–H and O–H groups in total. The summed E-state index contributed by atoms with van der Waals surface area (Å²) in [6, 6.07) is 17.7. The quantitative estimate of drug-likeness (QED) is 0.368. The van der Waals surface area contributed by atoms with Crippen LogP contribution in [0.1, 0.15) is 29.4 Å². The summed E-state index contributed by atoms with van der Waals surface area (Å²) in [5.74, 6) is 0.588. The molecule has 1 atom stereocenters. The number of hydrogen-bond acceptors (Lipinski definition) is 5. The fourth-order valence-corrected chi connectivity index (χ4v) is 4.61. The highest BCUT2D eigenvalue weighted by Gasteiger charge is 2.49. The van der Waals surface area contributed by atoms with Gasteiger partial charge in [-0.3, -0.25) is 14.8 Å². The minimum absolute atomic E-state index is 0.0253. The number of H-pyrrole nitrogens is 2. The van der Waals surface area contributed by atoms with Crippen LogP contribution in [0.2, 0.25) is 0 Å². The summed E-state index contributed by atoms with van der Waals surface area (Å²) in [6.07, 6.45) is 0.377. The normalized spacial score (nSPS) is 17.7. The number of aromatic hydroxyl groups is 1. The molecule has 5 rings (SSSR count). The van der Waals surface area contributed by atoms with Crippen molar-refractivity contribution in [3.8, 4) is 11.6 Å². The molecule has 0 aliphatic carbocycles. The number of imidazole rings is 1. The Hall–Kier alpha value is -4.07. The Bertz CT molecular complexity index is 1420. The SMILES string of the molecule is Cc1cc(COc2ccc(C3(C)CN(CCc4[nH]c(=O)[nH]c4O)C3=O)cc2)c2ccccc2n1. The van der Waals surface area contributed by atoms with Crippen LogP contribution in [0.4, 0.5) is 0 Å². The van der Waals surface area contributed by atoms with Crippen LogP contribution in [0, 0.1) is 6.92 Å². The van der Waals surface area contributed by atoms with Gasteiger partial charge < -0.3 is 19.7 Å². The van der Waals surface area contributed by atoms with Gasteiger partial charge in [-0.1, -0.05) is 30.3 Å². The third-order valence-corrected chi connectivity index (χ3v) is 6.50. The van der Waals surface area contributed by atoms with E-state index in [1.165, 1.54) is 0 Å². The molecule has 2 aromatic heterocycles. The molecule has 34 heavy (non-hydrogen) atoms. The van der Waals surface area contributed by atoms with Gasteiger partial charge in [0.05, 0.1) is 16.6 Å². The number of hydrogen-bond donors (Lipinski definition) is 3. The first kappa shape index (κ1) is 21.8. The van der Waals surface area contributed by atoms with E-state index in [2.05, 4.69) is 15.0 Å². The highest BCUT2D eigenvalue weighted by atomic mass is 16.5. The average Bonchev–Trinajstić information content (AvgIpc) is 3.16. The number of ether oxygens (including phenoxy) is 1. The average molecular weight is 459 g/mol. The molecule has 1 amide bonds. The minimum atomic E-state index is -0.593. The maximum Gasteiger partial charge on any atom is 0.325 e. The number of para-hydroxylation sites is 1. The Labute approximate surface area is 196 Å². The van der Waals surface area contributed by atoms with E-state index in [1.54, 1.807) is 4.90 Å². The van der Waals surface area contributed by atoms with Crippen LogP contribution in [-0.2, 0) is 23.2 Å². The van der Waals surface area contributed by atoms with Gasteiger partial charge in [0.25, 0.3) is 0 Å². The molecular formula is C26H26N4O4. The van der Waals surface area contributed by atoms with Crippen LogP contribution in [0.15, 0.2) is 59.4 Å². The molecule has 3 heterocycles. The van der Waals surface area contributed by atoms with Gasteiger partial charge in [-0.2, -0.15) is 0 Å². The predicted molar refractivity (Wildman–Crippen MR) is 128 cm³/mol. The number of aromatic nitrogens is 3. The summed E-state index contributed by atoms with van der Waals surface area (Å²) in [4.78, 5) is 35.3. The molecule has 0 radical (unpaired) electrons. The van der Waals surface area contributed by atoms with E-state index in [0.717, 1.165) is 33.5 Å². The van der Waals surface area contributed by atoms with Gasteiger partial charge in [-0.25, -0.2) is 4.79 Å². The maximum absolute atomic E-state index is 12.9. The Morgan fingerprint density at radius 3 is 2.59 bits per heavy atom. The predicted octanol–water partition coefficient (Wildman–Crippen LogP) is 3.19. The minimum Gasteiger partial charge on any atom is -0.493 e. The number of nitrogens with zero attached hydrogens (tertiary/aromatic N) is 2. The van der Waals surface area contributed by atoms with Crippen molar-refractivity contribution >= 4 is 16.8 Å². The molecule has 1 fully saturated rings. The van der Waals surface area contributed by atoms with Crippen LogP contribution in [-0.4, -0.2) is 44.0 Å². The van der Waals surface area contributed by atoms with E-state index in [4.69, 9.17) is 4.74 Å². The van der Waals surface area contributed by atoms with E-state index >= 15 is 0 Å². The first-order chi connectivity index (χ1) is 16.3. The second-order valence-corrected chi connectivity index (χ2v) is 8.97. The maximum atomic E-state index is 12.9. The summed E-state index contributed by atoms with van der Waals surface area (Å²) >= 11 is 0. The third kappa shape index (κ3) is 3.91. The molecule has 0 saturated carbocycles. The highest BCUT2D eigenvalue weighted by molar-refractivity contribution is 5.94. The molecule has 1 saturated heterocycles. The number of fused-ring (bicyclic) bond motifs is 1. The Morgan fingerprint density at radius 1 is 1.12 bits per heavy atom. The number of carbonyl (C=O) groups excluding carboxylic acids is 1. The number of aryl methyl sites for hydroxylation is 1. The molecule has 1 unspecified atom stereocenters. The molecule has 1 aliphatic rings. The van der Waals surface area contributed by atoms with Gasteiger partial charge in [-0.05, 0) is 43.7 Å². The fraction of sp³-hybridized carbons (Fsp3) is 0.269. The third-order valence-electron chi connectivity index (χ3n) is 6.50. The van der Waals surface area contributed by atoms with Crippen molar-refractivity contribution in [3.63, 3.8) is 0 Å². The van der Waals surface area contributed by atoms with Crippen molar-refractivity contribution in [3.05, 3.63) is 87.6 Å². The summed E-state index contributed by atoms with van der Waals surface area (Å²) in [6.45, 7) is 5.34. The Balaban J connectivity index is 1.22. The van der Waals surface area contributed by atoms with Gasteiger partial charge in [0, 0.05) is 36.2 Å². The number of rotatable bonds is 7. The van der Waals surface area contributed by atoms with E-state index in [0.29, 0.717) is 31.8 Å². The number of amides is 1. The first-order valence-corrected chi connectivity index (χ1v) is 11.2. The number of β-lactam (4-membered cyclic amide) rings is 1. The molecule has 4 aromatic rings. The lowest BCUT2D eigenvalue weighted by Crippen LogP contribution is -2.63. The summed E-state index contributed by atoms with van der Waals surface area (Å²) in [5, 5.41) is 10.8. The van der Waals surface area contributed by atoms with Crippen LogP contribution in [0.25, 0.3) is 10.9 Å². The van der Waals surface area contributed by atoms with Gasteiger partial charge >= 0.3 is 5.69 Å². The summed E-state index contributed by atoms with van der Waals surface area (Å²) < 4.78 is 6.04. The van der Waals surface area contributed by atoms with Crippen LogP contribution < -0.4 is 10.4 Å². The van der Waals surface area contributed by atoms with Crippen LogP contribution >= 0.6 is 0 Å². The van der Waals surface area contributed by atoms with Crippen molar-refractivity contribution in [2.24, 2.45) is 0 Å². The van der Waals surface area contributed by atoms with E-state index in [-0.39, 0.29) is 11.8 Å². The number of nitrogens with one attached hydrogen (secondary N) is 2. The second kappa shape index (κ2) is 8.37. The largest absolute Gasteiger partial charge is 0.493 e. The zero-order valence-electron chi connectivity index (χ0n) is 19.1. The monoisotopic (exact) mass is 458 g/mol. The van der Waals surface area contributed by atoms with E-state index in [1.807, 2.05) is 68.4 Å². The van der Waals surface area contributed by atoms with Crippen LogP contribution in [0.3, 0.4) is 0 Å². The van der Waals surface area contributed by atoms with Crippen LogP contribution in [0.5, 0.6) is 11.6 Å². The van der Waals surface area contributed by atoms with E-state index < -0.39 is 11.1 Å². The summed E-state index contributed by atoms with van der Waals surface area (Å²) in [7, 11) is 0. The number of aromatic amines is 2. The second-order valence-electron chi connectivity index (χ2n) is 8.97. The molecule has 174 valence electrons. The van der Waals surface area contributed by atoms with Gasteiger partial charge in [0.1, 0.15) is 12.4 Å². The van der Waals surface area contributed by atoms with E-state index in [9.17, 15) is 14.7 Å². The van der Waals surface area contributed by atoms with Crippen molar-refractivity contribution in [1.82, 2.24) is 19.9 Å². The molecular weight excluding hydrogens is 432 g/mol. The van der Waals surface area contributed by atoms with Crippen molar-refractivity contribution in [1.29, 1.82) is 0 Å². The Kier molecular flexibility index (Phi) is 5.36. The number of pyridine rings is 1. The van der Waals surface area contributed by atoms with Gasteiger partial charge in [0.2, 0.25) is 11.8 Å². The molecule has 0 spiro atoms. The lowest BCUT2D eigenvalue weighted by Gasteiger charge is -2.47. The van der Waals surface area contributed by atoms with Crippen molar-refractivity contribution in [2.75, 3.05) is 13.1 Å². The van der Waals surface area contributed by atoms with Crippen molar-refractivity contribution < 1.29 is 14.6 Å².